The van der Waals surface area contributed by atoms with Crippen molar-refractivity contribution in [1.29, 1.82) is 0 Å². The van der Waals surface area contributed by atoms with Crippen LogP contribution in [0, 0.1) is 6.92 Å². The maximum atomic E-state index is 5.19. The van der Waals surface area contributed by atoms with Gasteiger partial charge in [0.2, 0.25) is 0 Å². The van der Waals surface area contributed by atoms with Crippen molar-refractivity contribution >= 4 is 5.82 Å². The van der Waals surface area contributed by atoms with Crippen LogP contribution >= 0.6 is 0 Å². The molecule has 0 saturated carbocycles. The van der Waals surface area contributed by atoms with E-state index in [1.807, 2.05) is 0 Å². The smallest absolute Gasteiger partial charge is 0.137 e. The van der Waals surface area contributed by atoms with Crippen molar-refractivity contribution in [2.45, 2.75) is 46.6 Å². The Morgan fingerprint density at radius 1 is 0.971 bits per heavy atom. The van der Waals surface area contributed by atoms with Crippen molar-refractivity contribution in [1.82, 2.24) is 19.6 Å². The fraction of sp³-hybridized carbons (Fsp3) is 0.483. The predicted octanol–water partition coefficient (Wildman–Crippen LogP) is 5.12. The summed E-state index contributed by atoms with van der Waals surface area (Å²) >= 11 is 0. The Balaban J connectivity index is 1.69. The molecular weight excluding hydrogens is 418 g/mol. The molecule has 1 fully saturated rings. The van der Waals surface area contributed by atoms with Crippen molar-refractivity contribution in [3.05, 3.63) is 77.0 Å². The SMILES string of the molecule is CCc1nn(-c2cccc(C)c2)c(N2CCN(C)CC2)c1CN(CC)CC(C)c1ccccc1. The van der Waals surface area contributed by atoms with Crippen LogP contribution in [0.2, 0.25) is 0 Å². The van der Waals surface area contributed by atoms with Gasteiger partial charge in [0.05, 0.1) is 11.4 Å². The summed E-state index contributed by atoms with van der Waals surface area (Å²) in [6.45, 7) is 16.3. The summed E-state index contributed by atoms with van der Waals surface area (Å²) in [5.74, 6) is 1.78. The summed E-state index contributed by atoms with van der Waals surface area (Å²) in [6, 6.07) is 19.7. The molecule has 0 amide bonds. The average molecular weight is 460 g/mol. The quantitative estimate of drug-likeness (QED) is 0.444. The highest BCUT2D eigenvalue weighted by molar-refractivity contribution is 5.56. The lowest BCUT2D eigenvalue weighted by atomic mass is 10.0. The number of likely N-dealkylation sites (N-methyl/N-ethyl adjacent to an activating group) is 2. The summed E-state index contributed by atoms with van der Waals surface area (Å²) in [6.07, 6.45) is 0.945. The summed E-state index contributed by atoms with van der Waals surface area (Å²) < 4.78 is 2.22. The van der Waals surface area contributed by atoms with Crippen molar-refractivity contribution in [2.24, 2.45) is 0 Å². The number of anilines is 1. The Bertz CT molecular complexity index is 1050. The minimum atomic E-state index is 0.491. The molecule has 2 heterocycles. The van der Waals surface area contributed by atoms with Gasteiger partial charge in [0.1, 0.15) is 5.82 Å². The zero-order valence-electron chi connectivity index (χ0n) is 21.7. The van der Waals surface area contributed by atoms with Crippen molar-refractivity contribution in [3.8, 4) is 5.69 Å². The number of benzene rings is 2. The maximum Gasteiger partial charge on any atom is 0.137 e. The standard InChI is InChI=1S/C29H41N5/c1-6-28-27(22-32(7-2)21-24(4)25-13-9-8-10-14-25)29(33-18-16-31(5)17-19-33)34(30-28)26-15-11-12-23(3)20-26/h8-15,20,24H,6-7,16-19,21-22H2,1-5H3. The molecule has 0 N–H and O–H groups in total. The monoisotopic (exact) mass is 459 g/mol. The van der Waals surface area contributed by atoms with Crippen LogP contribution in [0.15, 0.2) is 54.6 Å². The van der Waals surface area contributed by atoms with E-state index in [2.05, 4.69) is 109 Å². The first-order valence-corrected chi connectivity index (χ1v) is 12.9. The van der Waals surface area contributed by atoms with E-state index >= 15 is 0 Å². The highest BCUT2D eigenvalue weighted by Crippen LogP contribution is 2.31. The van der Waals surface area contributed by atoms with Gasteiger partial charge in [-0.25, -0.2) is 4.68 Å². The van der Waals surface area contributed by atoms with Gasteiger partial charge in [-0.3, -0.25) is 4.90 Å². The van der Waals surface area contributed by atoms with Crippen LogP contribution in [0.1, 0.15) is 49.1 Å². The maximum absolute atomic E-state index is 5.19. The molecule has 5 nitrogen and oxygen atoms in total. The van der Waals surface area contributed by atoms with E-state index in [0.29, 0.717) is 5.92 Å². The minimum Gasteiger partial charge on any atom is -0.354 e. The number of aryl methyl sites for hydroxylation is 2. The third-order valence-electron chi connectivity index (χ3n) is 7.15. The number of hydrogen-bond acceptors (Lipinski definition) is 4. The minimum absolute atomic E-state index is 0.491. The van der Waals surface area contributed by atoms with E-state index < -0.39 is 0 Å². The molecule has 0 aliphatic carbocycles. The molecule has 34 heavy (non-hydrogen) atoms. The van der Waals surface area contributed by atoms with Crippen LogP contribution in [0.4, 0.5) is 5.82 Å². The van der Waals surface area contributed by atoms with Crippen LogP contribution in [-0.4, -0.2) is 65.9 Å². The Morgan fingerprint density at radius 3 is 2.35 bits per heavy atom. The first-order chi connectivity index (χ1) is 16.5. The van der Waals surface area contributed by atoms with E-state index in [-0.39, 0.29) is 0 Å². The molecule has 182 valence electrons. The van der Waals surface area contributed by atoms with E-state index in [1.54, 1.807) is 0 Å². The Labute approximate surface area is 206 Å². The fourth-order valence-corrected chi connectivity index (χ4v) is 5.02. The Hall–Kier alpha value is -2.63. The Morgan fingerprint density at radius 2 is 1.71 bits per heavy atom. The van der Waals surface area contributed by atoms with Crippen molar-refractivity contribution in [2.75, 3.05) is 51.2 Å². The average Bonchev–Trinajstić information content (AvgIpc) is 3.22. The van der Waals surface area contributed by atoms with E-state index in [4.69, 9.17) is 5.10 Å². The largest absolute Gasteiger partial charge is 0.354 e. The zero-order valence-corrected chi connectivity index (χ0v) is 21.7. The molecular formula is C29H41N5. The normalized spacial score (nSPS) is 15.8. The molecule has 1 unspecified atom stereocenters. The van der Waals surface area contributed by atoms with E-state index in [1.165, 1.54) is 28.2 Å². The van der Waals surface area contributed by atoms with Gasteiger partial charge in [0.25, 0.3) is 0 Å². The van der Waals surface area contributed by atoms with Crippen LogP contribution in [-0.2, 0) is 13.0 Å². The lowest BCUT2D eigenvalue weighted by Crippen LogP contribution is -2.45. The van der Waals surface area contributed by atoms with Crippen molar-refractivity contribution in [3.63, 3.8) is 0 Å². The van der Waals surface area contributed by atoms with E-state index in [0.717, 1.165) is 57.9 Å². The van der Waals surface area contributed by atoms with E-state index in [9.17, 15) is 0 Å². The molecule has 1 aromatic heterocycles. The number of nitrogens with zero attached hydrogens (tertiary/aromatic N) is 5. The Kier molecular flexibility index (Phi) is 8.07. The number of aromatic nitrogens is 2. The topological polar surface area (TPSA) is 27.5 Å². The third-order valence-corrected chi connectivity index (χ3v) is 7.15. The number of rotatable bonds is 9. The summed E-state index contributed by atoms with van der Waals surface area (Å²) in [7, 11) is 2.22. The molecule has 3 aromatic rings. The molecule has 0 spiro atoms. The molecule has 0 bridgehead atoms. The highest BCUT2D eigenvalue weighted by Gasteiger charge is 2.27. The molecule has 4 rings (SSSR count). The lowest BCUT2D eigenvalue weighted by Gasteiger charge is -2.35. The van der Waals surface area contributed by atoms with Crippen LogP contribution < -0.4 is 4.90 Å². The van der Waals surface area contributed by atoms with Gasteiger partial charge < -0.3 is 9.80 Å². The predicted molar refractivity (Wildman–Crippen MR) is 143 cm³/mol. The summed E-state index contributed by atoms with van der Waals surface area (Å²) in [5.41, 5.74) is 6.46. The first-order valence-electron chi connectivity index (χ1n) is 12.9. The highest BCUT2D eigenvalue weighted by atomic mass is 15.4. The van der Waals surface area contributed by atoms with Gasteiger partial charge in [0.15, 0.2) is 0 Å². The van der Waals surface area contributed by atoms with Crippen LogP contribution in [0.25, 0.3) is 5.69 Å². The van der Waals surface area contributed by atoms with Gasteiger partial charge in [-0.1, -0.05) is 63.2 Å². The molecule has 2 aromatic carbocycles. The van der Waals surface area contributed by atoms with Crippen LogP contribution in [0.3, 0.4) is 0 Å². The van der Waals surface area contributed by atoms with Crippen LogP contribution in [0.5, 0.6) is 0 Å². The van der Waals surface area contributed by atoms with Gasteiger partial charge >= 0.3 is 0 Å². The number of piperazine rings is 1. The van der Waals surface area contributed by atoms with Crippen molar-refractivity contribution < 1.29 is 0 Å². The molecule has 1 aliphatic rings. The van der Waals surface area contributed by atoms with Gasteiger partial charge in [-0.15, -0.1) is 0 Å². The summed E-state index contributed by atoms with van der Waals surface area (Å²) in [4.78, 5) is 7.58. The number of hydrogen-bond donors (Lipinski definition) is 0. The second-order valence-corrected chi connectivity index (χ2v) is 9.78. The molecule has 1 saturated heterocycles. The zero-order chi connectivity index (χ0) is 24.1. The molecule has 0 radical (unpaired) electrons. The summed E-state index contributed by atoms with van der Waals surface area (Å²) in [5, 5.41) is 5.19. The first kappa shape index (κ1) is 24.5. The third kappa shape index (κ3) is 5.53. The van der Waals surface area contributed by atoms with Gasteiger partial charge in [0, 0.05) is 44.8 Å². The molecule has 1 atom stereocenters. The molecule has 5 heteroatoms. The lowest BCUT2D eigenvalue weighted by molar-refractivity contribution is 0.264. The second kappa shape index (κ2) is 11.2. The van der Waals surface area contributed by atoms with Gasteiger partial charge in [-0.05, 0) is 56.1 Å². The van der Waals surface area contributed by atoms with Gasteiger partial charge in [-0.2, -0.15) is 5.10 Å². The second-order valence-electron chi connectivity index (χ2n) is 9.78. The fourth-order valence-electron chi connectivity index (χ4n) is 5.02. The molecule has 1 aliphatic heterocycles.